The van der Waals surface area contributed by atoms with Crippen molar-refractivity contribution in [3.05, 3.63) is 0 Å². The van der Waals surface area contributed by atoms with Crippen LogP contribution in [0.1, 0.15) is 13.8 Å². The number of rotatable bonds is 3. The van der Waals surface area contributed by atoms with Crippen molar-refractivity contribution in [3.63, 3.8) is 0 Å². The summed E-state index contributed by atoms with van der Waals surface area (Å²) < 4.78 is 4.92. The number of nitrogens with two attached hydrogens (primary N) is 1. The Bertz CT molecular complexity index is 83.1. The SMILES string of the molecule is COC(C)C(C)(N)CO. The van der Waals surface area contributed by atoms with Gasteiger partial charge in [0.2, 0.25) is 0 Å². The average molecular weight is 133 g/mol. The van der Waals surface area contributed by atoms with Crippen LogP contribution in [0.5, 0.6) is 0 Å². The van der Waals surface area contributed by atoms with Crippen LogP contribution in [0.15, 0.2) is 0 Å². The molecule has 0 rings (SSSR count). The second kappa shape index (κ2) is 3.15. The number of methoxy groups -OCH3 is 1. The molecule has 9 heavy (non-hydrogen) atoms. The number of aliphatic hydroxyl groups is 1. The normalized spacial score (nSPS) is 21.0. The van der Waals surface area contributed by atoms with Crippen LogP contribution in [0.25, 0.3) is 0 Å². The maximum absolute atomic E-state index is 8.69. The molecule has 2 atom stereocenters. The third-order valence-corrected chi connectivity index (χ3v) is 1.62. The van der Waals surface area contributed by atoms with Crippen molar-refractivity contribution in [2.45, 2.75) is 25.5 Å². The van der Waals surface area contributed by atoms with E-state index in [1.165, 1.54) is 0 Å². The summed E-state index contributed by atoms with van der Waals surface area (Å²) in [5, 5.41) is 8.69. The molecule has 0 aromatic carbocycles. The van der Waals surface area contributed by atoms with Gasteiger partial charge in [-0.3, -0.25) is 0 Å². The van der Waals surface area contributed by atoms with E-state index in [0.29, 0.717) is 0 Å². The fourth-order valence-corrected chi connectivity index (χ4v) is 0.398. The van der Waals surface area contributed by atoms with Crippen molar-refractivity contribution < 1.29 is 9.84 Å². The summed E-state index contributed by atoms with van der Waals surface area (Å²) in [4.78, 5) is 0. The molecule has 3 nitrogen and oxygen atoms in total. The molecule has 0 saturated carbocycles. The largest absolute Gasteiger partial charge is 0.394 e. The van der Waals surface area contributed by atoms with Crippen molar-refractivity contribution in [2.75, 3.05) is 13.7 Å². The molecule has 0 aliphatic rings. The van der Waals surface area contributed by atoms with Crippen molar-refractivity contribution in [3.8, 4) is 0 Å². The zero-order chi connectivity index (χ0) is 7.49. The van der Waals surface area contributed by atoms with Crippen LogP contribution in [0.3, 0.4) is 0 Å². The summed E-state index contributed by atoms with van der Waals surface area (Å²) in [7, 11) is 1.57. The minimum atomic E-state index is -0.616. The van der Waals surface area contributed by atoms with Gasteiger partial charge in [-0.2, -0.15) is 0 Å². The van der Waals surface area contributed by atoms with E-state index >= 15 is 0 Å². The van der Waals surface area contributed by atoms with Crippen molar-refractivity contribution in [2.24, 2.45) is 5.73 Å². The Hall–Kier alpha value is -0.120. The molecule has 0 fully saturated rings. The fourth-order valence-electron chi connectivity index (χ4n) is 0.398. The van der Waals surface area contributed by atoms with Gasteiger partial charge in [0.15, 0.2) is 0 Å². The first-order valence-electron chi connectivity index (χ1n) is 2.97. The first-order chi connectivity index (χ1) is 4.04. The Balaban J connectivity index is 3.80. The molecule has 0 aliphatic carbocycles. The first kappa shape index (κ1) is 8.88. The summed E-state index contributed by atoms with van der Waals surface area (Å²) in [6, 6.07) is 0. The summed E-state index contributed by atoms with van der Waals surface area (Å²) in [5.74, 6) is 0. The molecule has 0 aromatic heterocycles. The van der Waals surface area contributed by atoms with Crippen LogP contribution in [0.4, 0.5) is 0 Å². The quantitative estimate of drug-likeness (QED) is 0.557. The number of hydrogen-bond acceptors (Lipinski definition) is 3. The first-order valence-corrected chi connectivity index (χ1v) is 2.97. The third-order valence-electron chi connectivity index (χ3n) is 1.62. The molecule has 3 N–H and O–H groups in total. The van der Waals surface area contributed by atoms with Gasteiger partial charge in [-0.05, 0) is 13.8 Å². The average Bonchev–Trinajstić information content (AvgIpc) is 1.86. The zero-order valence-electron chi connectivity index (χ0n) is 6.22. The van der Waals surface area contributed by atoms with Gasteiger partial charge in [-0.25, -0.2) is 0 Å². The Morgan fingerprint density at radius 3 is 2.33 bits per heavy atom. The maximum Gasteiger partial charge on any atom is 0.0742 e. The molecule has 0 saturated heterocycles. The number of aliphatic hydroxyl groups excluding tert-OH is 1. The van der Waals surface area contributed by atoms with Crippen LogP contribution in [-0.2, 0) is 4.74 Å². The number of hydrogen-bond donors (Lipinski definition) is 2. The molecule has 2 unspecified atom stereocenters. The van der Waals surface area contributed by atoms with Crippen LogP contribution in [0, 0.1) is 0 Å². The molecular formula is C6H15NO2. The van der Waals surface area contributed by atoms with E-state index < -0.39 is 5.54 Å². The van der Waals surface area contributed by atoms with Crippen molar-refractivity contribution in [1.82, 2.24) is 0 Å². The van der Waals surface area contributed by atoms with E-state index in [2.05, 4.69) is 0 Å². The highest BCUT2D eigenvalue weighted by Crippen LogP contribution is 2.06. The van der Waals surface area contributed by atoms with E-state index in [1.54, 1.807) is 14.0 Å². The van der Waals surface area contributed by atoms with Crippen molar-refractivity contribution >= 4 is 0 Å². The fraction of sp³-hybridized carbons (Fsp3) is 1.00. The predicted octanol–water partition coefficient (Wildman–Crippen LogP) is -0.269. The van der Waals surface area contributed by atoms with Gasteiger partial charge in [0.1, 0.15) is 0 Å². The predicted molar refractivity (Wildman–Crippen MR) is 36.1 cm³/mol. The highest BCUT2D eigenvalue weighted by Gasteiger charge is 2.24. The molecule has 0 radical (unpaired) electrons. The Labute approximate surface area is 55.8 Å². The molecule has 0 bridgehead atoms. The van der Waals surface area contributed by atoms with Gasteiger partial charge < -0.3 is 15.6 Å². The van der Waals surface area contributed by atoms with E-state index in [9.17, 15) is 0 Å². The second-order valence-electron chi connectivity index (χ2n) is 2.54. The Kier molecular flexibility index (Phi) is 3.11. The van der Waals surface area contributed by atoms with Gasteiger partial charge in [0, 0.05) is 7.11 Å². The van der Waals surface area contributed by atoms with Crippen LogP contribution < -0.4 is 5.73 Å². The smallest absolute Gasteiger partial charge is 0.0742 e. The van der Waals surface area contributed by atoms with Gasteiger partial charge in [0.25, 0.3) is 0 Å². The molecule has 0 aliphatic heterocycles. The Morgan fingerprint density at radius 2 is 2.22 bits per heavy atom. The maximum atomic E-state index is 8.69. The van der Waals surface area contributed by atoms with Crippen molar-refractivity contribution in [1.29, 1.82) is 0 Å². The van der Waals surface area contributed by atoms with E-state index in [4.69, 9.17) is 15.6 Å². The molecule has 0 heterocycles. The highest BCUT2D eigenvalue weighted by atomic mass is 16.5. The van der Waals surface area contributed by atoms with E-state index in [1.807, 2.05) is 6.92 Å². The van der Waals surface area contributed by atoms with Gasteiger partial charge in [0.05, 0.1) is 18.2 Å². The monoisotopic (exact) mass is 133 g/mol. The highest BCUT2D eigenvalue weighted by molar-refractivity contribution is 4.83. The minimum Gasteiger partial charge on any atom is -0.394 e. The molecule has 56 valence electrons. The number of ether oxygens (including phenoxy) is 1. The third kappa shape index (κ3) is 2.30. The van der Waals surface area contributed by atoms with E-state index in [-0.39, 0.29) is 12.7 Å². The molecule has 3 heteroatoms. The lowest BCUT2D eigenvalue weighted by Crippen LogP contribution is -2.50. The summed E-state index contributed by atoms with van der Waals surface area (Å²) in [6.45, 7) is 3.53. The summed E-state index contributed by atoms with van der Waals surface area (Å²) in [6.07, 6.45) is -0.109. The summed E-state index contributed by atoms with van der Waals surface area (Å²) in [5.41, 5.74) is 4.98. The van der Waals surface area contributed by atoms with E-state index in [0.717, 1.165) is 0 Å². The lowest BCUT2D eigenvalue weighted by molar-refractivity contribution is 0.0280. The molecular weight excluding hydrogens is 118 g/mol. The Morgan fingerprint density at radius 1 is 1.78 bits per heavy atom. The van der Waals surface area contributed by atoms with Crippen LogP contribution in [0.2, 0.25) is 0 Å². The standard InChI is InChI=1S/C6H15NO2/c1-5(9-3)6(2,7)4-8/h5,8H,4,7H2,1-3H3. The van der Waals surface area contributed by atoms with Gasteiger partial charge in [-0.15, -0.1) is 0 Å². The summed E-state index contributed by atoms with van der Waals surface area (Å²) >= 11 is 0. The molecule has 0 spiro atoms. The topological polar surface area (TPSA) is 55.5 Å². The zero-order valence-corrected chi connectivity index (χ0v) is 6.22. The molecule has 0 amide bonds. The minimum absolute atomic E-state index is 0.0536. The second-order valence-corrected chi connectivity index (χ2v) is 2.54. The van der Waals surface area contributed by atoms with Crippen LogP contribution >= 0.6 is 0 Å². The lowest BCUT2D eigenvalue weighted by Gasteiger charge is -2.27. The lowest BCUT2D eigenvalue weighted by atomic mass is 9.99. The van der Waals surface area contributed by atoms with Gasteiger partial charge >= 0.3 is 0 Å². The van der Waals surface area contributed by atoms with Gasteiger partial charge in [-0.1, -0.05) is 0 Å². The van der Waals surface area contributed by atoms with Crippen LogP contribution in [-0.4, -0.2) is 30.5 Å². The molecule has 0 aromatic rings.